The van der Waals surface area contributed by atoms with Gasteiger partial charge in [0, 0.05) is 22.3 Å². The van der Waals surface area contributed by atoms with Crippen LogP contribution in [0.3, 0.4) is 0 Å². The fraction of sp³-hybridized carbons (Fsp3) is 0.391. The minimum atomic E-state index is -0.0191. The lowest BCUT2D eigenvalue weighted by Crippen LogP contribution is -2.20. The molecule has 0 fully saturated rings. The number of carbonyl (C=O) groups excluding carboxylic acids is 2. The monoisotopic (exact) mass is 336 g/mol. The molecule has 2 heteroatoms. The summed E-state index contributed by atoms with van der Waals surface area (Å²) in [5.41, 5.74) is 5.01. The van der Waals surface area contributed by atoms with Gasteiger partial charge in [-0.2, -0.15) is 0 Å². The number of ketones is 2. The van der Waals surface area contributed by atoms with Gasteiger partial charge in [-0.1, -0.05) is 60.9 Å². The van der Waals surface area contributed by atoms with Gasteiger partial charge in [0.15, 0.2) is 11.6 Å². The number of allylic oxidation sites excluding steroid dienone is 6. The molecule has 0 aliphatic heterocycles. The van der Waals surface area contributed by atoms with Crippen molar-refractivity contribution >= 4 is 11.6 Å². The maximum atomic E-state index is 12.7. The Balaban J connectivity index is 2.07. The van der Waals surface area contributed by atoms with Crippen molar-refractivity contribution < 1.29 is 9.59 Å². The average molecular weight is 336 g/mol. The number of benzene rings is 1. The molecule has 132 valence electrons. The molecule has 0 amide bonds. The summed E-state index contributed by atoms with van der Waals surface area (Å²) in [6.45, 7) is 8.24. The largest absolute Gasteiger partial charge is 0.289 e. The zero-order chi connectivity index (χ0) is 18.4. The second-order valence-corrected chi connectivity index (χ2v) is 6.90. The molecule has 0 saturated carbocycles. The normalized spacial score (nSPS) is 15.7. The quantitative estimate of drug-likeness (QED) is 0.552. The van der Waals surface area contributed by atoms with Gasteiger partial charge in [-0.25, -0.2) is 0 Å². The summed E-state index contributed by atoms with van der Waals surface area (Å²) in [7, 11) is 0. The standard InChI is InChI=1S/C23H28O2/c1-5-9-16(2)10-8-11-17(3)14-15-19-18(4)22(24)20-12-6-7-13-21(20)23(19)25/h6-7,10,12-14H,5,8-9,11,15H2,1-4H3/b16-10+,17-14+. The van der Waals surface area contributed by atoms with Crippen LogP contribution in [-0.2, 0) is 0 Å². The molecule has 0 unspecified atom stereocenters. The van der Waals surface area contributed by atoms with E-state index in [0.717, 1.165) is 19.3 Å². The van der Waals surface area contributed by atoms with Crippen molar-refractivity contribution in [2.45, 2.75) is 59.8 Å². The molecule has 0 atom stereocenters. The maximum absolute atomic E-state index is 12.7. The Morgan fingerprint density at radius 2 is 1.52 bits per heavy atom. The van der Waals surface area contributed by atoms with Crippen LogP contribution in [0.4, 0.5) is 0 Å². The second kappa shape index (κ2) is 8.75. The van der Waals surface area contributed by atoms with E-state index in [4.69, 9.17) is 0 Å². The zero-order valence-electron chi connectivity index (χ0n) is 15.8. The first kappa shape index (κ1) is 19.1. The average Bonchev–Trinajstić information content (AvgIpc) is 2.60. The highest BCUT2D eigenvalue weighted by molar-refractivity contribution is 6.26. The molecule has 2 rings (SSSR count). The highest BCUT2D eigenvalue weighted by atomic mass is 16.1. The highest BCUT2D eigenvalue weighted by Crippen LogP contribution is 2.28. The van der Waals surface area contributed by atoms with Crippen LogP contribution in [0, 0.1) is 0 Å². The van der Waals surface area contributed by atoms with Crippen LogP contribution < -0.4 is 0 Å². The van der Waals surface area contributed by atoms with Crippen molar-refractivity contribution in [1.82, 2.24) is 0 Å². The van der Waals surface area contributed by atoms with Gasteiger partial charge in [0.25, 0.3) is 0 Å². The summed E-state index contributed by atoms with van der Waals surface area (Å²) in [4.78, 5) is 25.2. The topological polar surface area (TPSA) is 34.1 Å². The Hall–Kier alpha value is -2.22. The van der Waals surface area contributed by atoms with Gasteiger partial charge in [-0.15, -0.1) is 0 Å². The van der Waals surface area contributed by atoms with Crippen LogP contribution in [0.25, 0.3) is 0 Å². The Kier molecular flexibility index (Phi) is 6.69. The molecule has 0 radical (unpaired) electrons. The van der Waals surface area contributed by atoms with Crippen molar-refractivity contribution in [3.05, 3.63) is 69.8 Å². The molecule has 0 N–H and O–H groups in total. The molecule has 0 aromatic heterocycles. The van der Waals surface area contributed by atoms with Crippen LogP contribution in [0.5, 0.6) is 0 Å². The van der Waals surface area contributed by atoms with E-state index in [2.05, 4.69) is 32.9 Å². The van der Waals surface area contributed by atoms with Gasteiger partial charge < -0.3 is 0 Å². The first-order chi connectivity index (χ1) is 12.0. The summed E-state index contributed by atoms with van der Waals surface area (Å²) in [5.74, 6) is -0.0233. The molecule has 1 aromatic carbocycles. The molecular formula is C23H28O2. The third kappa shape index (κ3) is 4.66. The predicted octanol–water partition coefficient (Wildman–Crippen LogP) is 6.25. The lowest BCUT2D eigenvalue weighted by Gasteiger charge is -2.18. The summed E-state index contributed by atoms with van der Waals surface area (Å²) in [6.07, 6.45) is 9.30. The van der Waals surface area contributed by atoms with Crippen LogP contribution in [0.15, 0.2) is 58.7 Å². The third-order valence-corrected chi connectivity index (χ3v) is 4.81. The van der Waals surface area contributed by atoms with Gasteiger partial charge in [0.05, 0.1) is 0 Å². The van der Waals surface area contributed by atoms with E-state index in [1.807, 2.05) is 6.07 Å². The van der Waals surface area contributed by atoms with E-state index < -0.39 is 0 Å². The number of hydrogen-bond donors (Lipinski definition) is 0. The predicted molar refractivity (Wildman–Crippen MR) is 104 cm³/mol. The first-order valence-corrected chi connectivity index (χ1v) is 9.15. The van der Waals surface area contributed by atoms with Gasteiger partial charge >= 0.3 is 0 Å². The van der Waals surface area contributed by atoms with Crippen LogP contribution in [-0.4, -0.2) is 11.6 Å². The molecule has 25 heavy (non-hydrogen) atoms. The zero-order valence-corrected chi connectivity index (χ0v) is 15.8. The Morgan fingerprint density at radius 1 is 0.920 bits per heavy atom. The van der Waals surface area contributed by atoms with Crippen molar-refractivity contribution in [3.63, 3.8) is 0 Å². The van der Waals surface area contributed by atoms with E-state index in [1.165, 1.54) is 17.6 Å². The summed E-state index contributed by atoms with van der Waals surface area (Å²) < 4.78 is 0. The summed E-state index contributed by atoms with van der Waals surface area (Å²) >= 11 is 0. The minimum absolute atomic E-state index is 0.00423. The van der Waals surface area contributed by atoms with E-state index in [9.17, 15) is 9.59 Å². The number of Topliss-reactive ketones (excluding diaryl/α,β-unsaturated/α-hetero) is 2. The van der Waals surface area contributed by atoms with Gasteiger partial charge in [0.2, 0.25) is 0 Å². The summed E-state index contributed by atoms with van der Waals surface area (Å²) in [5, 5.41) is 0. The van der Waals surface area contributed by atoms with E-state index in [1.54, 1.807) is 25.1 Å². The second-order valence-electron chi connectivity index (χ2n) is 6.90. The lowest BCUT2D eigenvalue weighted by atomic mass is 9.83. The van der Waals surface area contributed by atoms with E-state index >= 15 is 0 Å². The molecule has 0 heterocycles. The smallest absolute Gasteiger partial charge is 0.190 e. The Morgan fingerprint density at radius 3 is 2.16 bits per heavy atom. The Labute approximate surface area is 151 Å². The van der Waals surface area contributed by atoms with Crippen molar-refractivity contribution in [2.24, 2.45) is 0 Å². The fourth-order valence-electron chi connectivity index (χ4n) is 3.22. The van der Waals surface area contributed by atoms with Gasteiger partial charge in [-0.05, 0) is 46.5 Å². The van der Waals surface area contributed by atoms with Crippen molar-refractivity contribution in [2.75, 3.05) is 0 Å². The van der Waals surface area contributed by atoms with Crippen molar-refractivity contribution in [1.29, 1.82) is 0 Å². The van der Waals surface area contributed by atoms with Crippen LogP contribution >= 0.6 is 0 Å². The third-order valence-electron chi connectivity index (χ3n) is 4.81. The molecule has 1 aliphatic rings. The number of rotatable bonds is 7. The molecule has 0 spiro atoms. The summed E-state index contributed by atoms with van der Waals surface area (Å²) in [6, 6.07) is 7.11. The Bertz CT molecular complexity index is 760. The number of fused-ring (bicyclic) bond motifs is 1. The molecule has 0 bridgehead atoms. The molecule has 2 nitrogen and oxygen atoms in total. The van der Waals surface area contributed by atoms with Crippen molar-refractivity contribution in [3.8, 4) is 0 Å². The van der Waals surface area contributed by atoms with Gasteiger partial charge in [0.1, 0.15) is 0 Å². The fourth-order valence-corrected chi connectivity index (χ4v) is 3.22. The highest BCUT2D eigenvalue weighted by Gasteiger charge is 2.28. The van der Waals surface area contributed by atoms with Gasteiger partial charge in [-0.3, -0.25) is 9.59 Å². The molecule has 1 aromatic rings. The van der Waals surface area contributed by atoms with Crippen LogP contribution in [0.1, 0.15) is 80.5 Å². The molecule has 1 aliphatic carbocycles. The molecular weight excluding hydrogens is 308 g/mol. The first-order valence-electron chi connectivity index (χ1n) is 9.15. The number of carbonyl (C=O) groups is 2. The number of hydrogen-bond acceptors (Lipinski definition) is 2. The molecule has 0 saturated heterocycles. The lowest BCUT2D eigenvalue weighted by molar-refractivity contribution is 0.0973. The van der Waals surface area contributed by atoms with E-state index in [-0.39, 0.29) is 11.6 Å². The maximum Gasteiger partial charge on any atom is 0.190 e. The minimum Gasteiger partial charge on any atom is -0.289 e. The SMILES string of the molecule is CCC/C(C)=C/CC/C(C)=C/CC1=C(C)C(=O)c2ccccc2C1=O. The van der Waals surface area contributed by atoms with E-state index in [0.29, 0.717) is 28.7 Å². The van der Waals surface area contributed by atoms with Crippen LogP contribution in [0.2, 0.25) is 0 Å².